The van der Waals surface area contributed by atoms with Crippen LogP contribution in [-0.2, 0) is 24.2 Å². The first-order valence-corrected chi connectivity index (χ1v) is 12.5. The normalized spacial score (nSPS) is 12.8. The Bertz CT molecular complexity index is 1100. The number of ketones is 1. The van der Waals surface area contributed by atoms with Crippen LogP contribution in [0.1, 0.15) is 46.1 Å². The minimum Gasteiger partial charge on any atom is -0.390 e. The van der Waals surface area contributed by atoms with Crippen molar-refractivity contribution >= 4 is 23.0 Å². The van der Waals surface area contributed by atoms with E-state index in [0.717, 1.165) is 18.1 Å². The molecule has 0 aliphatic carbocycles. The van der Waals surface area contributed by atoms with Crippen LogP contribution in [-0.4, -0.2) is 35.5 Å². The summed E-state index contributed by atoms with van der Waals surface area (Å²) < 4.78 is 27.4. The van der Waals surface area contributed by atoms with Crippen LogP contribution in [0.2, 0.25) is 0 Å². The topological polar surface area (TPSA) is 78.4 Å². The summed E-state index contributed by atoms with van der Waals surface area (Å²) in [6, 6.07) is 13.9. The molecular weight excluding hydrogens is 470 g/mol. The minimum atomic E-state index is -1.02. The van der Waals surface area contributed by atoms with Gasteiger partial charge in [0, 0.05) is 32.0 Å². The molecule has 186 valence electrons. The summed E-state index contributed by atoms with van der Waals surface area (Å²) in [4.78, 5) is 25.4. The quantitative estimate of drug-likeness (QED) is 0.304. The van der Waals surface area contributed by atoms with Crippen LogP contribution < -0.4 is 10.6 Å². The van der Waals surface area contributed by atoms with Crippen molar-refractivity contribution in [1.82, 2.24) is 10.6 Å². The number of carbonyl (C=O) groups is 2. The highest BCUT2D eigenvalue weighted by molar-refractivity contribution is 7.12. The number of rotatable bonds is 13. The Balaban J connectivity index is 1.61. The molecule has 2 atom stereocenters. The number of aryl methyl sites for hydroxylation is 1. The fourth-order valence-electron chi connectivity index (χ4n) is 3.80. The van der Waals surface area contributed by atoms with Crippen LogP contribution in [0.25, 0.3) is 0 Å². The predicted molar refractivity (Wildman–Crippen MR) is 133 cm³/mol. The van der Waals surface area contributed by atoms with Crippen LogP contribution in [0.3, 0.4) is 0 Å². The molecule has 3 N–H and O–H groups in total. The highest BCUT2D eigenvalue weighted by atomic mass is 32.1. The van der Waals surface area contributed by atoms with E-state index in [9.17, 15) is 23.5 Å². The third kappa shape index (κ3) is 8.65. The van der Waals surface area contributed by atoms with E-state index in [1.807, 2.05) is 18.2 Å². The van der Waals surface area contributed by atoms with Gasteiger partial charge in [-0.05, 0) is 53.1 Å². The van der Waals surface area contributed by atoms with E-state index in [0.29, 0.717) is 17.0 Å². The van der Waals surface area contributed by atoms with Crippen molar-refractivity contribution < 1.29 is 23.5 Å². The summed E-state index contributed by atoms with van der Waals surface area (Å²) in [5, 5.41) is 18.6. The molecule has 0 saturated carbocycles. The molecule has 0 bridgehead atoms. The van der Waals surface area contributed by atoms with E-state index >= 15 is 0 Å². The summed E-state index contributed by atoms with van der Waals surface area (Å²) in [5.74, 6) is -1.99. The van der Waals surface area contributed by atoms with Crippen LogP contribution in [0, 0.1) is 11.6 Å². The van der Waals surface area contributed by atoms with Crippen molar-refractivity contribution in [3.05, 3.63) is 93.2 Å². The molecule has 5 nitrogen and oxygen atoms in total. The standard InChI is InChI=1S/C27H30F2N2O3S/c1-2-18-5-3-6-19(11-18)16-30-17-25(33)23(14-20-12-21(28)15-22(29)13-20)31-27(34)9-8-24(32)26-7-4-10-35-26/h3-7,10-13,15,23,25,30,33H,2,8-9,14,16-17H2,1H3,(H,31,34). The maximum atomic E-state index is 13.7. The van der Waals surface area contributed by atoms with Gasteiger partial charge in [0.1, 0.15) is 11.6 Å². The van der Waals surface area contributed by atoms with Gasteiger partial charge >= 0.3 is 0 Å². The summed E-state index contributed by atoms with van der Waals surface area (Å²) in [6.07, 6.45) is -0.0746. The third-order valence-electron chi connectivity index (χ3n) is 5.65. The second-order valence-corrected chi connectivity index (χ2v) is 9.38. The van der Waals surface area contributed by atoms with E-state index < -0.39 is 29.7 Å². The van der Waals surface area contributed by atoms with Crippen molar-refractivity contribution in [2.24, 2.45) is 0 Å². The molecule has 0 radical (unpaired) electrons. The van der Waals surface area contributed by atoms with Crippen molar-refractivity contribution in [2.45, 2.75) is 51.3 Å². The van der Waals surface area contributed by atoms with E-state index in [4.69, 9.17) is 0 Å². The monoisotopic (exact) mass is 500 g/mol. The molecule has 1 amide bonds. The van der Waals surface area contributed by atoms with Gasteiger partial charge in [-0.15, -0.1) is 11.3 Å². The first kappa shape index (κ1) is 26.7. The average Bonchev–Trinajstić information content (AvgIpc) is 3.37. The van der Waals surface area contributed by atoms with Gasteiger partial charge in [-0.3, -0.25) is 9.59 Å². The molecule has 0 aliphatic rings. The van der Waals surface area contributed by atoms with Crippen molar-refractivity contribution in [1.29, 1.82) is 0 Å². The molecule has 0 saturated heterocycles. The number of hydrogen-bond donors (Lipinski definition) is 3. The second-order valence-electron chi connectivity index (χ2n) is 8.43. The van der Waals surface area contributed by atoms with Gasteiger partial charge in [0.15, 0.2) is 5.78 Å². The molecule has 2 aromatic carbocycles. The maximum absolute atomic E-state index is 13.7. The second kappa shape index (κ2) is 13.2. The van der Waals surface area contributed by atoms with E-state index in [-0.39, 0.29) is 31.6 Å². The lowest BCUT2D eigenvalue weighted by molar-refractivity contribution is -0.122. The molecule has 0 aliphatic heterocycles. The lowest BCUT2D eigenvalue weighted by atomic mass is 10.00. The lowest BCUT2D eigenvalue weighted by Crippen LogP contribution is -2.48. The Labute approximate surface area is 208 Å². The van der Waals surface area contributed by atoms with E-state index in [2.05, 4.69) is 23.6 Å². The maximum Gasteiger partial charge on any atom is 0.220 e. The summed E-state index contributed by atoms with van der Waals surface area (Å²) in [6.45, 7) is 2.76. The first-order chi connectivity index (χ1) is 16.8. The molecule has 3 rings (SSSR count). The number of thiophene rings is 1. The number of benzene rings is 2. The number of nitrogens with one attached hydrogen (secondary N) is 2. The van der Waals surface area contributed by atoms with Crippen molar-refractivity contribution in [3.8, 4) is 0 Å². The summed E-state index contributed by atoms with van der Waals surface area (Å²) in [5.41, 5.74) is 2.59. The highest BCUT2D eigenvalue weighted by Gasteiger charge is 2.23. The van der Waals surface area contributed by atoms with Crippen molar-refractivity contribution in [2.75, 3.05) is 6.54 Å². The van der Waals surface area contributed by atoms with Gasteiger partial charge in [-0.2, -0.15) is 0 Å². The van der Waals surface area contributed by atoms with Gasteiger partial charge < -0.3 is 15.7 Å². The zero-order valence-electron chi connectivity index (χ0n) is 19.6. The van der Waals surface area contributed by atoms with Crippen molar-refractivity contribution in [3.63, 3.8) is 0 Å². The number of aliphatic hydroxyl groups is 1. The molecule has 0 fully saturated rings. The lowest BCUT2D eigenvalue weighted by Gasteiger charge is -2.25. The minimum absolute atomic E-state index is 0.0352. The highest BCUT2D eigenvalue weighted by Crippen LogP contribution is 2.14. The van der Waals surface area contributed by atoms with Gasteiger partial charge in [0.05, 0.1) is 17.0 Å². The van der Waals surface area contributed by atoms with Gasteiger partial charge in [0.25, 0.3) is 0 Å². The Morgan fingerprint density at radius 3 is 2.40 bits per heavy atom. The van der Waals surface area contributed by atoms with Crippen LogP contribution in [0.5, 0.6) is 0 Å². The van der Waals surface area contributed by atoms with Gasteiger partial charge in [-0.25, -0.2) is 8.78 Å². The molecule has 1 aromatic heterocycles. The van der Waals surface area contributed by atoms with Gasteiger partial charge in [0.2, 0.25) is 5.91 Å². The van der Waals surface area contributed by atoms with E-state index in [1.165, 1.54) is 29.0 Å². The van der Waals surface area contributed by atoms with Crippen LogP contribution >= 0.6 is 11.3 Å². The average molecular weight is 501 g/mol. The molecular formula is C27H30F2N2O3S. The van der Waals surface area contributed by atoms with Crippen LogP contribution in [0.4, 0.5) is 8.78 Å². The third-order valence-corrected chi connectivity index (χ3v) is 6.56. The number of hydrogen-bond acceptors (Lipinski definition) is 5. The molecule has 1 heterocycles. The Morgan fingerprint density at radius 1 is 0.971 bits per heavy atom. The number of carbonyl (C=O) groups excluding carboxylic acids is 2. The number of halogens is 2. The number of aliphatic hydroxyl groups excluding tert-OH is 1. The number of amides is 1. The zero-order valence-corrected chi connectivity index (χ0v) is 20.4. The SMILES string of the molecule is CCc1cccc(CNCC(O)C(Cc2cc(F)cc(F)c2)NC(=O)CCC(=O)c2cccs2)c1. The fraction of sp³-hybridized carbons (Fsp3) is 0.333. The van der Waals surface area contributed by atoms with Crippen LogP contribution in [0.15, 0.2) is 60.0 Å². The Hall–Kier alpha value is -2.94. The first-order valence-electron chi connectivity index (χ1n) is 11.6. The molecule has 0 spiro atoms. The van der Waals surface area contributed by atoms with E-state index in [1.54, 1.807) is 17.5 Å². The predicted octanol–water partition coefficient (Wildman–Crippen LogP) is 4.43. The van der Waals surface area contributed by atoms with Gasteiger partial charge in [-0.1, -0.05) is 37.3 Å². The zero-order chi connectivity index (χ0) is 25.2. The summed E-state index contributed by atoms with van der Waals surface area (Å²) >= 11 is 1.31. The molecule has 3 aromatic rings. The number of Topliss-reactive ketones (excluding diaryl/α,β-unsaturated/α-hetero) is 1. The molecule has 35 heavy (non-hydrogen) atoms. The Kier molecular flexibility index (Phi) is 10.1. The Morgan fingerprint density at radius 2 is 1.71 bits per heavy atom. The fourth-order valence-corrected chi connectivity index (χ4v) is 4.49. The molecule has 8 heteroatoms. The smallest absolute Gasteiger partial charge is 0.220 e. The largest absolute Gasteiger partial charge is 0.390 e. The summed E-state index contributed by atoms with van der Waals surface area (Å²) in [7, 11) is 0. The molecule has 2 unspecified atom stereocenters.